The van der Waals surface area contributed by atoms with E-state index >= 15 is 0 Å². The van der Waals surface area contributed by atoms with Gasteiger partial charge in [-0.25, -0.2) is 0 Å². The molecule has 9 heteroatoms. The molecule has 0 aliphatic carbocycles. The summed E-state index contributed by atoms with van der Waals surface area (Å²) in [6.07, 6.45) is 1.05. The third-order valence-electron chi connectivity index (χ3n) is 4.33. The van der Waals surface area contributed by atoms with Crippen molar-refractivity contribution in [3.63, 3.8) is 0 Å². The van der Waals surface area contributed by atoms with Crippen LogP contribution < -0.4 is 0 Å². The van der Waals surface area contributed by atoms with Crippen molar-refractivity contribution in [2.45, 2.75) is 0 Å². The molecule has 2 rings (SSSR count). The molecule has 2 bridgehead atoms. The van der Waals surface area contributed by atoms with Crippen LogP contribution in [-0.4, -0.2) is 104 Å². The molecule has 0 N–H and O–H groups in total. The Morgan fingerprint density at radius 1 is 0.950 bits per heavy atom. The van der Waals surface area contributed by atoms with E-state index in [2.05, 4.69) is 84.6 Å². The van der Waals surface area contributed by atoms with Gasteiger partial charge in [-0.2, -0.15) is 0 Å². The van der Waals surface area contributed by atoms with Gasteiger partial charge in [-0.15, -0.1) is 0 Å². The van der Waals surface area contributed by atoms with E-state index in [1.54, 1.807) is 0 Å². The number of hydrogen-bond acceptors (Lipinski definition) is 7. The molecule has 0 unspecified atom stereocenters. The van der Waals surface area contributed by atoms with Crippen LogP contribution in [0.5, 0.6) is 0 Å². The maximum atomic E-state index is 5.55. The van der Waals surface area contributed by atoms with E-state index in [0.717, 1.165) is 19.6 Å². The van der Waals surface area contributed by atoms with E-state index in [-0.39, 0.29) is 0 Å². The third-order valence-corrected chi connectivity index (χ3v) is 13.6. The second-order valence-corrected chi connectivity index (χ2v) is 13.9. The number of rotatable bonds is 3. The first-order valence-corrected chi connectivity index (χ1v) is 10.6. The summed E-state index contributed by atoms with van der Waals surface area (Å²) in [5.74, 6) is 0. The topological polar surface area (TPSA) is 31.8 Å². The van der Waals surface area contributed by atoms with E-state index < -0.39 is 15.2 Å². The van der Waals surface area contributed by atoms with Crippen LogP contribution in [0.3, 0.4) is 0 Å². The average Bonchev–Trinajstić information content (AvgIpc) is 2.30. The molecule has 0 amide bonds. The van der Waals surface area contributed by atoms with Crippen LogP contribution in [0.4, 0.5) is 0 Å². The molecule has 0 aromatic heterocycles. The summed E-state index contributed by atoms with van der Waals surface area (Å²) < 4.78 is 17.8. The summed E-state index contributed by atoms with van der Waals surface area (Å²) in [5, 5.41) is 0. The van der Waals surface area contributed by atoms with Crippen molar-refractivity contribution in [3.8, 4) is 0 Å². The van der Waals surface area contributed by atoms with Gasteiger partial charge < -0.3 is 0 Å². The van der Waals surface area contributed by atoms with E-state index in [0.29, 0.717) is 0 Å². The predicted octanol–water partition coefficient (Wildman–Crippen LogP) is 1.18. The van der Waals surface area contributed by atoms with Crippen molar-refractivity contribution in [1.82, 2.24) is 28.3 Å². The predicted molar refractivity (Wildman–Crippen MR) is 90.7 cm³/mol. The van der Waals surface area contributed by atoms with Crippen LogP contribution in [-0.2, 0) is 0 Å². The molecule has 0 radical (unpaired) electrons. The Morgan fingerprint density at radius 2 is 1.40 bits per heavy atom. The first-order chi connectivity index (χ1) is 9.16. The van der Waals surface area contributed by atoms with Gasteiger partial charge in [-0.3, -0.25) is 0 Å². The van der Waals surface area contributed by atoms with E-state index in [1.807, 2.05) is 0 Å². The van der Waals surface area contributed by atoms with Crippen molar-refractivity contribution in [2.24, 2.45) is 4.52 Å². The van der Waals surface area contributed by atoms with Crippen molar-refractivity contribution in [2.75, 3.05) is 76.0 Å². The quantitative estimate of drug-likeness (QED) is 0.725. The van der Waals surface area contributed by atoms with Gasteiger partial charge >= 0.3 is 124 Å². The van der Waals surface area contributed by atoms with Crippen LogP contribution in [0.25, 0.3) is 0 Å². The molecule has 0 spiro atoms. The van der Waals surface area contributed by atoms with Crippen LogP contribution in [0.2, 0.25) is 0 Å². The SMILES string of the molecule is CN(C)C[PH]12N=P(N(C)C)(N(C)CN1C)N(C)CN2C. The van der Waals surface area contributed by atoms with Crippen molar-refractivity contribution >= 4 is 15.2 Å². The zero-order valence-corrected chi connectivity index (χ0v) is 16.1. The summed E-state index contributed by atoms with van der Waals surface area (Å²) in [4.78, 5) is 2.30. The Bertz CT molecular complexity index is 403. The molecule has 2 aliphatic heterocycles. The minimum atomic E-state index is -1.98. The van der Waals surface area contributed by atoms with Crippen molar-refractivity contribution in [1.29, 1.82) is 0 Å². The van der Waals surface area contributed by atoms with E-state index in [4.69, 9.17) is 4.52 Å². The van der Waals surface area contributed by atoms with E-state index in [9.17, 15) is 0 Å². The molecule has 120 valence electrons. The van der Waals surface area contributed by atoms with Crippen molar-refractivity contribution < 1.29 is 0 Å². The first kappa shape index (κ1) is 16.8. The standard InChI is InChI=1S/C11H31N7P2/c1-13(2)11-19-12-20(14(3)4,17(7)9-15(19)5)18(8)10-16(19)6/h19H,9-11H2,1-8H3. The van der Waals surface area contributed by atoms with Gasteiger partial charge in [0.05, 0.1) is 0 Å². The number of hydrogen-bond donors (Lipinski definition) is 0. The summed E-state index contributed by atoms with van der Waals surface area (Å²) in [7, 11) is 13.9. The van der Waals surface area contributed by atoms with Gasteiger partial charge in [0.25, 0.3) is 0 Å². The Labute approximate surface area is 124 Å². The Kier molecular flexibility index (Phi) is 4.67. The van der Waals surface area contributed by atoms with Crippen LogP contribution in [0.15, 0.2) is 4.52 Å². The van der Waals surface area contributed by atoms with Gasteiger partial charge in [0.2, 0.25) is 0 Å². The normalized spacial score (nSPS) is 34.5. The Balaban J connectivity index is 2.62. The molecular weight excluding hydrogens is 292 g/mol. The van der Waals surface area contributed by atoms with E-state index in [1.165, 1.54) is 0 Å². The van der Waals surface area contributed by atoms with Gasteiger partial charge in [-0.05, 0) is 0 Å². The van der Waals surface area contributed by atoms with Crippen LogP contribution >= 0.6 is 15.2 Å². The fraction of sp³-hybridized carbons (Fsp3) is 1.00. The Morgan fingerprint density at radius 3 is 1.75 bits per heavy atom. The van der Waals surface area contributed by atoms with Crippen molar-refractivity contribution in [3.05, 3.63) is 0 Å². The fourth-order valence-electron chi connectivity index (χ4n) is 3.48. The third kappa shape index (κ3) is 2.29. The average molecular weight is 323 g/mol. The second-order valence-electron chi connectivity index (χ2n) is 6.49. The molecule has 0 atom stereocenters. The second kappa shape index (κ2) is 5.56. The van der Waals surface area contributed by atoms with Gasteiger partial charge in [0.1, 0.15) is 0 Å². The molecular formula is C11H31N7P2. The summed E-state index contributed by atoms with van der Waals surface area (Å²) in [5.41, 5.74) is 0. The fourth-order valence-corrected chi connectivity index (χ4v) is 14.1. The molecule has 2 heterocycles. The molecule has 7 nitrogen and oxygen atoms in total. The van der Waals surface area contributed by atoms with Gasteiger partial charge in [0.15, 0.2) is 0 Å². The molecule has 20 heavy (non-hydrogen) atoms. The minimum absolute atomic E-state index is 0.990. The van der Waals surface area contributed by atoms with Gasteiger partial charge in [-0.1, -0.05) is 0 Å². The molecule has 0 saturated heterocycles. The maximum absolute atomic E-state index is 5.55. The summed E-state index contributed by atoms with van der Waals surface area (Å²) in [6.45, 7) is 1.98. The molecule has 0 fully saturated rings. The molecule has 0 aromatic carbocycles. The molecule has 0 aromatic rings. The molecule has 2 aliphatic rings. The monoisotopic (exact) mass is 323 g/mol. The first-order valence-electron chi connectivity index (χ1n) is 6.98. The summed E-state index contributed by atoms with van der Waals surface area (Å²) >= 11 is 0. The summed E-state index contributed by atoms with van der Waals surface area (Å²) in [6, 6.07) is 0. The Hall–Kier alpha value is 0.420. The number of fused-ring (bicyclic) bond motifs is 1. The van der Waals surface area contributed by atoms with Crippen LogP contribution in [0.1, 0.15) is 0 Å². The number of nitrogens with zero attached hydrogens (tertiary/aromatic N) is 7. The van der Waals surface area contributed by atoms with Gasteiger partial charge in [0, 0.05) is 0 Å². The zero-order valence-electron chi connectivity index (χ0n) is 14.2. The van der Waals surface area contributed by atoms with Crippen LogP contribution in [0, 0.1) is 0 Å². The molecule has 0 saturated carbocycles. The zero-order chi connectivity index (χ0) is 15.3.